The summed E-state index contributed by atoms with van der Waals surface area (Å²) < 4.78 is 0. The van der Waals surface area contributed by atoms with E-state index in [-0.39, 0.29) is 12.1 Å². The van der Waals surface area contributed by atoms with Crippen LogP contribution in [0.15, 0.2) is 18.2 Å². The molecule has 19 heavy (non-hydrogen) atoms. The van der Waals surface area contributed by atoms with Crippen molar-refractivity contribution in [1.29, 1.82) is 0 Å². The van der Waals surface area contributed by atoms with Crippen LogP contribution < -0.4 is 5.73 Å². The van der Waals surface area contributed by atoms with E-state index in [1.54, 1.807) is 6.07 Å². The molecular formula is C16H28N2O. The lowest BCUT2D eigenvalue weighted by atomic mass is 10.00. The van der Waals surface area contributed by atoms with Gasteiger partial charge in [0.15, 0.2) is 0 Å². The number of benzene rings is 1. The molecule has 0 heterocycles. The van der Waals surface area contributed by atoms with E-state index in [2.05, 4.69) is 38.8 Å². The highest BCUT2D eigenvalue weighted by atomic mass is 16.3. The molecule has 0 saturated carbocycles. The SMILES string of the molecule is Cc1ccc(O)c(C(C)N(C)CCC(N)C(C)C)c1. The smallest absolute Gasteiger partial charge is 0.120 e. The second-order valence-corrected chi connectivity index (χ2v) is 5.92. The fourth-order valence-electron chi connectivity index (χ4n) is 2.13. The molecule has 1 aromatic rings. The number of nitrogens with two attached hydrogens (primary N) is 1. The fourth-order valence-corrected chi connectivity index (χ4v) is 2.13. The number of aryl methyl sites for hydroxylation is 1. The van der Waals surface area contributed by atoms with Gasteiger partial charge in [-0.2, -0.15) is 0 Å². The molecule has 2 unspecified atom stereocenters. The van der Waals surface area contributed by atoms with E-state index in [0.717, 1.165) is 18.5 Å². The summed E-state index contributed by atoms with van der Waals surface area (Å²) in [6.45, 7) is 9.41. The predicted octanol–water partition coefficient (Wildman–Crippen LogP) is 3.07. The summed E-state index contributed by atoms with van der Waals surface area (Å²) in [5, 5.41) is 9.97. The molecule has 0 aliphatic carbocycles. The molecule has 0 aliphatic heterocycles. The molecule has 2 atom stereocenters. The number of phenolic OH excluding ortho intramolecular Hbond substituents is 1. The van der Waals surface area contributed by atoms with Crippen LogP contribution in [0.3, 0.4) is 0 Å². The predicted molar refractivity (Wildman–Crippen MR) is 81.3 cm³/mol. The Morgan fingerprint density at radius 2 is 1.89 bits per heavy atom. The minimum atomic E-state index is 0.194. The molecule has 3 nitrogen and oxygen atoms in total. The van der Waals surface area contributed by atoms with Gasteiger partial charge < -0.3 is 10.8 Å². The minimum absolute atomic E-state index is 0.194. The van der Waals surface area contributed by atoms with E-state index in [9.17, 15) is 5.11 Å². The van der Waals surface area contributed by atoms with Crippen molar-refractivity contribution < 1.29 is 5.11 Å². The molecule has 0 fully saturated rings. The molecule has 1 aromatic carbocycles. The average Bonchev–Trinajstić information content (AvgIpc) is 2.37. The standard InChI is InChI=1S/C16H28N2O/c1-11(2)15(17)8-9-18(5)13(4)14-10-12(3)6-7-16(14)19/h6-7,10-11,13,15,19H,8-9,17H2,1-5H3. The maximum Gasteiger partial charge on any atom is 0.120 e. The van der Waals surface area contributed by atoms with Crippen LogP contribution in [0.5, 0.6) is 5.75 Å². The van der Waals surface area contributed by atoms with Crippen LogP contribution in [0.4, 0.5) is 0 Å². The lowest BCUT2D eigenvalue weighted by molar-refractivity contribution is 0.239. The first-order valence-electron chi connectivity index (χ1n) is 7.08. The third-order valence-corrected chi connectivity index (χ3v) is 3.97. The Hall–Kier alpha value is -1.06. The number of hydrogen-bond donors (Lipinski definition) is 2. The van der Waals surface area contributed by atoms with Crippen LogP contribution in [0.1, 0.15) is 44.4 Å². The van der Waals surface area contributed by atoms with Crippen LogP contribution in [0, 0.1) is 12.8 Å². The van der Waals surface area contributed by atoms with Gasteiger partial charge in [0.1, 0.15) is 5.75 Å². The first-order chi connectivity index (χ1) is 8.82. The second kappa shape index (κ2) is 6.92. The van der Waals surface area contributed by atoms with E-state index in [4.69, 9.17) is 5.73 Å². The first kappa shape index (κ1) is 16.0. The van der Waals surface area contributed by atoms with Crippen molar-refractivity contribution in [2.75, 3.05) is 13.6 Å². The van der Waals surface area contributed by atoms with Crippen molar-refractivity contribution in [3.05, 3.63) is 29.3 Å². The molecule has 0 bridgehead atoms. The van der Waals surface area contributed by atoms with Gasteiger partial charge in [0.05, 0.1) is 0 Å². The number of aromatic hydroxyl groups is 1. The first-order valence-corrected chi connectivity index (χ1v) is 7.08. The third-order valence-electron chi connectivity index (χ3n) is 3.97. The lowest BCUT2D eigenvalue weighted by Gasteiger charge is -2.27. The van der Waals surface area contributed by atoms with Gasteiger partial charge in [-0.1, -0.05) is 31.5 Å². The highest BCUT2D eigenvalue weighted by Gasteiger charge is 2.17. The number of hydrogen-bond acceptors (Lipinski definition) is 3. The van der Waals surface area contributed by atoms with Gasteiger partial charge in [-0.05, 0) is 45.8 Å². The average molecular weight is 264 g/mol. The molecular weight excluding hydrogens is 236 g/mol. The fraction of sp³-hybridized carbons (Fsp3) is 0.625. The summed E-state index contributed by atoms with van der Waals surface area (Å²) in [6, 6.07) is 6.19. The Kier molecular flexibility index (Phi) is 5.83. The Morgan fingerprint density at radius 1 is 1.26 bits per heavy atom. The Labute approximate surface area is 117 Å². The Morgan fingerprint density at radius 3 is 2.47 bits per heavy atom. The molecule has 3 N–H and O–H groups in total. The van der Waals surface area contributed by atoms with Crippen LogP contribution in [-0.2, 0) is 0 Å². The zero-order valence-corrected chi connectivity index (χ0v) is 12.9. The summed E-state index contributed by atoms with van der Waals surface area (Å²) in [4.78, 5) is 2.25. The van der Waals surface area contributed by atoms with Crippen molar-refractivity contribution in [1.82, 2.24) is 4.90 Å². The lowest BCUT2D eigenvalue weighted by Crippen LogP contribution is -2.33. The van der Waals surface area contributed by atoms with Crippen LogP contribution >= 0.6 is 0 Å². The van der Waals surface area contributed by atoms with Gasteiger partial charge >= 0.3 is 0 Å². The summed E-state index contributed by atoms with van der Waals surface area (Å²) in [5.41, 5.74) is 8.24. The monoisotopic (exact) mass is 264 g/mol. The summed E-state index contributed by atoms with van der Waals surface area (Å²) in [6.07, 6.45) is 0.977. The van der Waals surface area contributed by atoms with Crippen LogP contribution in [0.2, 0.25) is 0 Å². The molecule has 0 radical (unpaired) electrons. The molecule has 0 aliphatic rings. The number of rotatable bonds is 6. The second-order valence-electron chi connectivity index (χ2n) is 5.92. The normalized spacial score (nSPS) is 14.9. The van der Waals surface area contributed by atoms with Gasteiger partial charge in [0, 0.05) is 17.6 Å². The van der Waals surface area contributed by atoms with Gasteiger partial charge in [0.2, 0.25) is 0 Å². The summed E-state index contributed by atoms with van der Waals surface area (Å²) in [7, 11) is 2.08. The van der Waals surface area contributed by atoms with E-state index in [1.165, 1.54) is 5.56 Å². The zero-order valence-electron chi connectivity index (χ0n) is 12.9. The summed E-state index contributed by atoms with van der Waals surface area (Å²) in [5.74, 6) is 0.884. The van der Waals surface area contributed by atoms with Gasteiger partial charge in [0.25, 0.3) is 0 Å². The quantitative estimate of drug-likeness (QED) is 0.830. The van der Waals surface area contributed by atoms with Gasteiger partial charge in [-0.3, -0.25) is 4.90 Å². The maximum atomic E-state index is 9.97. The highest BCUT2D eigenvalue weighted by Crippen LogP contribution is 2.28. The number of phenols is 1. The Balaban J connectivity index is 2.66. The highest BCUT2D eigenvalue weighted by molar-refractivity contribution is 5.37. The number of nitrogens with zero attached hydrogens (tertiary/aromatic N) is 1. The molecule has 0 saturated heterocycles. The minimum Gasteiger partial charge on any atom is -0.508 e. The molecule has 1 rings (SSSR count). The molecule has 0 aromatic heterocycles. The molecule has 0 amide bonds. The van der Waals surface area contributed by atoms with E-state index in [0.29, 0.717) is 11.7 Å². The molecule has 0 spiro atoms. The van der Waals surface area contributed by atoms with Crippen molar-refractivity contribution in [2.45, 2.75) is 46.2 Å². The van der Waals surface area contributed by atoms with Crippen molar-refractivity contribution in [3.8, 4) is 5.75 Å². The van der Waals surface area contributed by atoms with Gasteiger partial charge in [-0.25, -0.2) is 0 Å². The van der Waals surface area contributed by atoms with E-state index >= 15 is 0 Å². The van der Waals surface area contributed by atoms with E-state index in [1.807, 2.05) is 13.0 Å². The zero-order chi connectivity index (χ0) is 14.6. The van der Waals surface area contributed by atoms with E-state index < -0.39 is 0 Å². The van der Waals surface area contributed by atoms with Crippen molar-refractivity contribution in [3.63, 3.8) is 0 Å². The Bertz CT molecular complexity index is 404. The maximum absolute atomic E-state index is 9.97. The topological polar surface area (TPSA) is 49.5 Å². The summed E-state index contributed by atoms with van der Waals surface area (Å²) >= 11 is 0. The third kappa shape index (κ3) is 4.51. The largest absolute Gasteiger partial charge is 0.508 e. The van der Waals surface area contributed by atoms with Crippen molar-refractivity contribution in [2.24, 2.45) is 11.7 Å². The van der Waals surface area contributed by atoms with Crippen LogP contribution in [-0.4, -0.2) is 29.6 Å². The van der Waals surface area contributed by atoms with Crippen molar-refractivity contribution >= 4 is 0 Å². The molecule has 3 heteroatoms. The van der Waals surface area contributed by atoms with Crippen LogP contribution in [0.25, 0.3) is 0 Å². The molecule has 108 valence electrons. The van der Waals surface area contributed by atoms with Gasteiger partial charge in [-0.15, -0.1) is 0 Å².